The molecule has 0 bridgehead atoms. The number of hydrogen-bond donors (Lipinski definition) is 0. The molecule has 2 aromatic rings. The van der Waals surface area contributed by atoms with E-state index in [0.717, 1.165) is 6.07 Å². The fraction of sp³-hybridized carbons (Fsp3) is 0.182. The molecule has 6 heteroatoms. The number of aromatic nitrogens is 2. The summed E-state index contributed by atoms with van der Waals surface area (Å²) in [6.45, 7) is 0.0441. The first-order valence-corrected chi connectivity index (χ1v) is 5.18. The van der Waals surface area contributed by atoms with Crippen molar-refractivity contribution in [2.24, 2.45) is 0 Å². The summed E-state index contributed by atoms with van der Waals surface area (Å²) >= 11 is 5.60. The molecule has 1 aromatic heterocycles. The molecule has 0 unspecified atom stereocenters. The molecule has 0 aliphatic rings. The highest BCUT2D eigenvalue weighted by atomic mass is 35.5. The smallest absolute Gasteiger partial charge is 0.267 e. The van der Waals surface area contributed by atoms with E-state index in [9.17, 15) is 13.2 Å². The van der Waals surface area contributed by atoms with Gasteiger partial charge in [-0.05, 0) is 17.7 Å². The fourth-order valence-corrected chi connectivity index (χ4v) is 1.69. The normalized spacial score (nSPS) is 11.8. The molecule has 0 spiro atoms. The molecular weight excluding hydrogens is 253 g/mol. The van der Waals surface area contributed by atoms with Gasteiger partial charge in [-0.3, -0.25) is 4.68 Å². The van der Waals surface area contributed by atoms with Crippen LogP contribution >= 0.6 is 11.6 Å². The van der Waals surface area contributed by atoms with Crippen LogP contribution in [-0.2, 0) is 12.7 Å². The second kappa shape index (κ2) is 4.41. The maximum absolute atomic E-state index is 12.7. The topological polar surface area (TPSA) is 17.8 Å². The first kappa shape index (κ1) is 12.0. The van der Waals surface area contributed by atoms with Crippen LogP contribution in [-0.4, -0.2) is 9.78 Å². The van der Waals surface area contributed by atoms with Crippen molar-refractivity contribution in [3.05, 3.63) is 52.8 Å². The summed E-state index contributed by atoms with van der Waals surface area (Å²) < 4.78 is 39.5. The fourth-order valence-electron chi connectivity index (χ4n) is 1.53. The minimum atomic E-state index is -4.35. The first-order valence-electron chi connectivity index (χ1n) is 4.81. The van der Waals surface area contributed by atoms with E-state index in [2.05, 4.69) is 5.10 Å². The molecule has 2 nitrogen and oxygen atoms in total. The standard InChI is InChI=1S/C11H8ClF3N2/c12-10-5-6-17(16-10)7-8-3-1-2-4-9(8)11(13,14)15/h1-6H,7H2. The third-order valence-electron chi connectivity index (χ3n) is 2.26. The van der Waals surface area contributed by atoms with Crippen LogP contribution in [0.4, 0.5) is 13.2 Å². The van der Waals surface area contributed by atoms with E-state index in [0.29, 0.717) is 0 Å². The van der Waals surface area contributed by atoms with Gasteiger partial charge < -0.3 is 0 Å². The summed E-state index contributed by atoms with van der Waals surface area (Å²) in [5, 5.41) is 4.10. The summed E-state index contributed by atoms with van der Waals surface area (Å²) in [5.74, 6) is 0. The summed E-state index contributed by atoms with van der Waals surface area (Å²) in [5.41, 5.74) is -0.480. The molecule has 90 valence electrons. The Morgan fingerprint density at radius 2 is 1.88 bits per heavy atom. The Labute approximate surface area is 101 Å². The quantitative estimate of drug-likeness (QED) is 0.807. The van der Waals surface area contributed by atoms with Crippen LogP contribution in [0.1, 0.15) is 11.1 Å². The highest BCUT2D eigenvalue weighted by Crippen LogP contribution is 2.32. The van der Waals surface area contributed by atoms with Crippen LogP contribution < -0.4 is 0 Å². The van der Waals surface area contributed by atoms with Gasteiger partial charge in [0.15, 0.2) is 5.15 Å². The highest BCUT2D eigenvalue weighted by molar-refractivity contribution is 6.29. The Bertz CT molecular complexity index is 519. The van der Waals surface area contributed by atoms with Gasteiger partial charge in [0.1, 0.15) is 0 Å². The molecule has 1 heterocycles. The number of benzene rings is 1. The van der Waals surface area contributed by atoms with E-state index in [-0.39, 0.29) is 17.3 Å². The molecule has 0 N–H and O–H groups in total. The number of alkyl halides is 3. The average Bonchev–Trinajstić information content (AvgIpc) is 2.63. The third-order valence-corrected chi connectivity index (χ3v) is 2.46. The van der Waals surface area contributed by atoms with Gasteiger partial charge in [-0.1, -0.05) is 29.8 Å². The van der Waals surface area contributed by atoms with Gasteiger partial charge in [0.25, 0.3) is 0 Å². The van der Waals surface area contributed by atoms with Gasteiger partial charge in [0, 0.05) is 6.20 Å². The van der Waals surface area contributed by atoms with Gasteiger partial charge in [-0.2, -0.15) is 18.3 Å². The largest absolute Gasteiger partial charge is 0.416 e. The van der Waals surface area contributed by atoms with Crippen LogP contribution in [0.15, 0.2) is 36.5 Å². The van der Waals surface area contributed by atoms with Crippen molar-refractivity contribution in [1.29, 1.82) is 0 Å². The van der Waals surface area contributed by atoms with E-state index in [1.807, 2.05) is 0 Å². The van der Waals surface area contributed by atoms with Gasteiger partial charge in [0.05, 0.1) is 12.1 Å². The Balaban J connectivity index is 2.33. The summed E-state index contributed by atoms with van der Waals surface area (Å²) in [6.07, 6.45) is -2.82. The summed E-state index contributed by atoms with van der Waals surface area (Å²) in [4.78, 5) is 0. The van der Waals surface area contributed by atoms with Gasteiger partial charge in [-0.15, -0.1) is 0 Å². The van der Waals surface area contributed by atoms with Crippen LogP contribution in [0.2, 0.25) is 5.15 Å². The predicted octanol–water partition coefficient (Wildman–Crippen LogP) is 3.60. The molecule has 0 fully saturated rings. The summed E-state index contributed by atoms with van der Waals surface area (Å²) in [6, 6.07) is 6.94. The number of halogens is 4. The molecule has 17 heavy (non-hydrogen) atoms. The second-order valence-electron chi connectivity index (χ2n) is 3.49. The van der Waals surface area contributed by atoms with Crippen molar-refractivity contribution in [1.82, 2.24) is 9.78 Å². The SMILES string of the molecule is FC(F)(F)c1ccccc1Cn1ccc(Cl)n1. The molecule has 0 saturated carbocycles. The molecular formula is C11H8ClF3N2. The zero-order valence-electron chi connectivity index (χ0n) is 8.58. The lowest BCUT2D eigenvalue weighted by molar-refractivity contribution is -0.138. The Hall–Kier alpha value is -1.49. The lowest BCUT2D eigenvalue weighted by atomic mass is 10.1. The first-order chi connectivity index (χ1) is 7.97. The lowest BCUT2D eigenvalue weighted by Crippen LogP contribution is -2.11. The molecule has 0 radical (unpaired) electrons. The Morgan fingerprint density at radius 1 is 1.18 bits per heavy atom. The van der Waals surface area contributed by atoms with E-state index >= 15 is 0 Å². The van der Waals surface area contributed by atoms with Crippen molar-refractivity contribution in [3.8, 4) is 0 Å². The van der Waals surface area contributed by atoms with Gasteiger partial charge in [-0.25, -0.2) is 0 Å². The molecule has 0 amide bonds. The monoisotopic (exact) mass is 260 g/mol. The molecule has 0 atom stereocenters. The Kier molecular flexibility index (Phi) is 3.11. The van der Waals surface area contributed by atoms with E-state index in [4.69, 9.17) is 11.6 Å². The predicted molar refractivity (Wildman–Crippen MR) is 57.8 cm³/mol. The van der Waals surface area contributed by atoms with Crippen molar-refractivity contribution in [2.75, 3.05) is 0 Å². The van der Waals surface area contributed by atoms with Crippen LogP contribution in [0.3, 0.4) is 0 Å². The Morgan fingerprint density at radius 3 is 2.47 bits per heavy atom. The number of hydrogen-bond acceptors (Lipinski definition) is 1. The van der Waals surface area contributed by atoms with Crippen molar-refractivity contribution in [2.45, 2.75) is 12.7 Å². The second-order valence-corrected chi connectivity index (χ2v) is 3.88. The van der Waals surface area contributed by atoms with E-state index < -0.39 is 11.7 Å². The minimum absolute atomic E-state index is 0.0441. The molecule has 0 aliphatic carbocycles. The van der Waals surface area contributed by atoms with Gasteiger partial charge >= 0.3 is 6.18 Å². The van der Waals surface area contributed by atoms with Crippen LogP contribution in [0.25, 0.3) is 0 Å². The minimum Gasteiger partial charge on any atom is -0.267 e. The summed E-state index contributed by atoms with van der Waals surface area (Å²) in [7, 11) is 0. The van der Waals surface area contributed by atoms with Crippen molar-refractivity contribution >= 4 is 11.6 Å². The zero-order valence-corrected chi connectivity index (χ0v) is 9.33. The lowest BCUT2D eigenvalue weighted by Gasteiger charge is -2.12. The van der Waals surface area contributed by atoms with Crippen molar-refractivity contribution in [3.63, 3.8) is 0 Å². The third kappa shape index (κ3) is 2.79. The zero-order chi connectivity index (χ0) is 12.5. The van der Waals surface area contributed by atoms with E-state index in [1.165, 1.54) is 29.1 Å². The van der Waals surface area contributed by atoms with Crippen LogP contribution in [0.5, 0.6) is 0 Å². The maximum Gasteiger partial charge on any atom is 0.416 e. The maximum atomic E-state index is 12.7. The average molecular weight is 261 g/mol. The van der Waals surface area contributed by atoms with Crippen molar-refractivity contribution < 1.29 is 13.2 Å². The van der Waals surface area contributed by atoms with E-state index in [1.54, 1.807) is 6.07 Å². The molecule has 2 rings (SSSR count). The highest BCUT2D eigenvalue weighted by Gasteiger charge is 2.32. The van der Waals surface area contributed by atoms with Crippen LogP contribution in [0, 0.1) is 0 Å². The number of rotatable bonds is 2. The molecule has 1 aromatic carbocycles. The molecule has 0 saturated heterocycles. The molecule has 0 aliphatic heterocycles. The number of nitrogens with zero attached hydrogens (tertiary/aromatic N) is 2. The van der Waals surface area contributed by atoms with Gasteiger partial charge in [0.2, 0.25) is 0 Å².